The first-order valence-electron chi connectivity index (χ1n) is 8.31. The molecule has 0 unspecified atom stereocenters. The lowest BCUT2D eigenvalue weighted by atomic mass is 10.2. The van der Waals surface area contributed by atoms with Gasteiger partial charge in [-0.25, -0.2) is 4.98 Å². The first-order valence-corrected chi connectivity index (χ1v) is 9.19. The number of aromatic nitrogens is 1. The molecule has 26 heavy (non-hydrogen) atoms. The summed E-state index contributed by atoms with van der Waals surface area (Å²) in [5.41, 5.74) is 2.21. The van der Waals surface area contributed by atoms with Crippen LogP contribution in [-0.4, -0.2) is 38.3 Å². The van der Waals surface area contributed by atoms with Crippen molar-refractivity contribution in [1.29, 1.82) is 0 Å². The van der Waals surface area contributed by atoms with Gasteiger partial charge in [0.1, 0.15) is 0 Å². The number of methoxy groups -OCH3 is 1. The van der Waals surface area contributed by atoms with E-state index in [4.69, 9.17) is 9.47 Å². The van der Waals surface area contributed by atoms with E-state index >= 15 is 0 Å². The number of hydrogen-bond acceptors (Lipinski definition) is 5. The predicted molar refractivity (Wildman–Crippen MR) is 118 cm³/mol. The van der Waals surface area contributed by atoms with Crippen LogP contribution in [0, 0.1) is 6.92 Å². The van der Waals surface area contributed by atoms with Gasteiger partial charge in [0.25, 0.3) is 0 Å². The van der Waals surface area contributed by atoms with E-state index in [2.05, 4.69) is 26.0 Å². The fourth-order valence-electron chi connectivity index (χ4n) is 2.34. The first-order chi connectivity index (χ1) is 12.2. The van der Waals surface area contributed by atoms with Gasteiger partial charge in [0.15, 0.2) is 17.5 Å². The van der Waals surface area contributed by atoms with Crippen LogP contribution in [-0.2, 0) is 13.0 Å². The quantitative estimate of drug-likeness (QED) is 0.338. The van der Waals surface area contributed by atoms with E-state index in [1.54, 1.807) is 25.5 Å². The number of aryl methyl sites for hydroxylation is 1. The molecule has 2 aromatic rings. The number of benzene rings is 1. The Kier molecular flexibility index (Phi) is 10.3. The second-order valence-corrected chi connectivity index (χ2v) is 6.44. The molecule has 0 aliphatic carbocycles. The van der Waals surface area contributed by atoms with Crippen molar-refractivity contribution in [3.05, 3.63) is 39.8 Å². The molecule has 2 N–H and O–H groups in total. The minimum absolute atomic E-state index is 0. The van der Waals surface area contributed by atoms with Crippen LogP contribution in [0.1, 0.15) is 23.2 Å². The lowest BCUT2D eigenvalue weighted by Crippen LogP contribution is -2.37. The van der Waals surface area contributed by atoms with Crippen molar-refractivity contribution in [3.63, 3.8) is 0 Å². The molecule has 8 heteroatoms. The SMILES string of the molecule is CCOc1ccc(CNC(=NC)NCCc2csc(C)n2)cc1OC.I. The van der Waals surface area contributed by atoms with Crippen LogP contribution in [0.15, 0.2) is 28.6 Å². The molecule has 0 aliphatic rings. The molecule has 1 aromatic heterocycles. The fraction of sp³-hybridized carbons (Fsp3) is 0.444. The number of hydrogen-bond donors (Lipinski definition) is 2. The smallest absolute Gasteiger partial charge is 0.191 e. The van der Waals surface area contributed by atoms with Gasteiger partial charge in [0.2, 0.25) is 0 Å². The molecule has 0 spiro atoms. The number of halogens is 1. The van der Waals surface area contributed by atoms with Crippen LogP contribution in [0.3, 0.4) is 0 Å². The van der Waals surface area contributed by atoms with E-state index in [9.17, 15) is 0 Å². The summed E-state index contributed by atoms with van der Waals surface area (Å²) in [7, 11) is 3.41. The minimum Gasteiger partial charge on any atom is -0.493 e. The fourth-order valence-corrected chi connectivity index (χ4v) is 2.98. The van der Waals surface area contributed by atoms with Gasteiger partial charge >= 0.3 is 0 Å². The first kappa shape index (κ1) is 22.5. The van der Waals surface area contributed by atoms with Gasteiger partial charge in [-0.2, -0.15) is 0 Å². The highest BCUT2D eigenvalue weighted by atomic mass is 127. The Labute approximate surface area is 176 Å². The monoisotopic (exact) mass is 490 g/mol. The van der Waals surface area contributed by atoms with Crippen LogP contribution in [0.5, 0.6) is 11.5 Å². The molecule has 0 bridgehead atoms. The minimum atomic E-state index is 0. The maximum absolute atomic E-state index is 5.54. The van der Waals surface area contributed by atoms with E-state index in [1.807, 2.05) is 32.0 Å². The Bertz CT molecular complexity index is 706. The molecule has 144 valence electrons. The molecular formula is C18H27IN4O2S. The molecule has 0 radical (unpaired) electrons. The van der Waals surface area contributed by atoms with Gasteiger partial charge in [-0.1, -0.05) is 6.07 Å². The van der Waals surface area contributed by atoms with Gasteiger partial charge in [0, 0.05) is 31.9 Å². The predicted octanol–water partition coefficient (Wildman–Crippen LogP) is 3.38. The van der Waals surface area contributed by atoms with Crippen molar-refractivity contribution in [2.24, 2.45) is 4.99 Å². The Balaban J connectivity index is 0.00000338. The average molecular weight is 490 g/mol. The number of thiazole rings is 1. The Morgan fingerprint density at radius 1 is 1.27 bits per heavy atom. The highest BCUT2D eigenvalue weighted by Gasteiger charge is 2.06. The highest BCUT2D eigenvalue weighted by Crippen LogP contribution is 2.27. The summed E-state index contributed by atoms with van der Waals surface area (Å²) >= 11 is 1.68. The zero-order chi connectivity index (χ0) is 18.1. The zero-order valence-corrected chi connectivity index (χ0v) is 18.8. The summed E-state index contributed by atoms with van der Waals surface area (Å²) in [5, 5.41) is 9.81. The maximum Gasteiger partial charge on any atom is 0.191 e. The summed E-state index contributed by atoms with van der Waals surface area (Å²) in [6, 6.07) is 5.93. The zero-order valence-electron chi connectivity index (χ0n) is 15.7. The summed E-state index contributed by atoms with van der Waals surface area (Å²) < 4.78 is 10.9. The molecule has 0 saturated heterocycles. The van der Waals surface area contributed by atoms with Gasteiger partial charge in [-0.05, 0) is 31.5 Å². The van der Waals surface area contributed by atoms with Crippen molar-refractivity contribution in [2.45, 2.75) is 26.8 Å². The third-order valence-corrected chi connectivity index (χ3v) is 4.37. The lowest BCUT2D eigenvalue weighted by Gasteiger charge is -2.14. The van der Waals surface area contributed by atoms with Crippen molar-refractivity contribution in [3.8, 4) is 11.5 Å². The molecule has 0 aliphatic heterocycles. The molecule has 0 fully saturated rings. The normalized spacial score (nSPS) is 10.8. The number of nitrogens with one attached hydrogen (secondary N) is 2. The Morgan fingerprint density at radius 2 is 2.08 bits per heavy atom. The van der Waals surface area contributed by atoms with Crippen LogP contribution in [0.2, 0.25) is 0 Å². The standard InChI is InChI=1S/C18H26N4O2S.HI/c1-5-24-16-7-6-14(10-17(16)23-4)11-21-18(19-3)20-9-8-15-12-25-13(2)22-15;/h6-7,10,12H,5,8-9,11H2,1-4H3,(H2,19,20,21);1H. The van der Waals surface area contributed by atoms with Crippen LogP contribution < -0.4 is 20.1 Å². The molecule has 0 atom stereocenters. The van der Waals surface area contributed by atoms with Crippen LogP contribution in [0.25, 0.3) is 0 Å². The molecule has 1 aromatic carbocycles. The number of guanidine groups is 1. The second kappa shape index (κ2) is 11.9. The summed E-state index contributed by atoms with van der Waals surface area (Å²) in [5.74, 6) is 2.26. The third kappa shape index (κ3) is 6.99. The highest BCUT2D eigenvalue weighted by molar-refractivity contribution is 14.0. The maximum atomic E-state index is 5.54. The van der Waals surface area contributed by atoms with E-state index in [-0.39, 0.29) is 24.0 Å². The Hall–Kier alpha value is -1.55. The van der Waals surface area contributed by atoms with Crippen LogP contribution in [0.4, 0.5) is 0 Å². The number of aliphatic imine (C=N–C) groups is 1. The van der Waals surface area contributed by atoms with E-state index in [1.165, 1.54) is 0 Å². The molecular weight excluding hydrogens is 463 g/mol. The Morgan fingerprint density at radius 3 is 2.69 bits per heavy atom. The molecule has 0 amide bonds. The topological polar surface area (TPSA) is 67.8 Å². The number of ether oxygens (including phenoxy) is 2. The van der Waals surface area contributed by atoms with E-state index in [0.29, 0.717) is 13.2 Å². The molecule has 6 nitrogen and oxygen atoms in total. The summed E-state index contributed by atoms with van der Waals surface area (Å²) in [6.07, 6.45) is 0.877. The van der Waals surface area contributed by atoms with Gasteiger partial charge in [-0.15, -0.1) is 35.3 Å². The lowest BCUT2D eigenvalue weighted by molar-refractivity contribution is 0.310. The van der Waals surface area contributed by atoms with Crippen molar-refractivity contribution in [1.82, 2.24) is 15.6 Å². The van der Waals surface area contributed by atoms with Crippen molar-refractivity contribution < 1.29 is 9.47 Å². The molecule has 0 saturated carbocycles. The average Bonchev–Trinajstić information content (AvgIpc) is 3.04. The van der Waals surface area contributed by atoms with E-state index < -0.39 is 0 Å². The number of nitrogens with zero attached hydrogens (tertiary/aromatic N) is 2. The summed E-state index contributed by atoms with van der Waals surface area (Å²) in [4.78, 5) is 8.71. The summed E-state index contributed by atoms with van der Waals surface area (Å²) in [6.45, 7) is 6.03. The largest absolute Gasteiger partial charge is 0.493 e. The third-order valence-electron chi connectivity index (χ3n) is 3.55. The van der Waals surface area contributed by atoms with Crippen LogP contribution >= 0.6 is 35.3 Å². The van der Waals surface area contributed by atoms with Crippen molar-refractivity contribution >= 4 is 41.3 Å². The van der Waals surface area contributed by atoms with Crippen molar-refractivity contribution in [2.75, 3.05) is 27.3 Å². The van der Waals surface area contributed by atoms with Gasteiger partial charge in [-0.3, -0.25) is 4.99 Å². The van der Waals surface area contributed by atoms with Gasteiger partial charge in [0.05, 0.1) is 24.4 Å². The van der Waals surface area contributed by atoms with Gasteiger partial charge < -0.3 is 20.1 Å². The molecule has 1 heterocycles. The molecule has 2 rings (SSSR count). The number of rotatable bonds is 8. The second-order valence-electron chi connectivity index (χ2n) is 5.38. The van der Waals surface area contributed by atoms with E-state index in [0.717, 1.165) is 46.7 Å².